The molecule has 30 heavy (non-hydrogen) atoms. The number of hydrogen-bond donors (Lipinski definition) is 1. The Kier molecular flexibility index (Phi) is 6.61. The maximum absolute atomic E-state index is 12.0. The van der Waals surface area contributed by atoms with E-state index in [1.807, 2.05) is 54.7 Å². The molecule has 1 fully saturated rings. The quantitative estimate of drug-likeness (QED) is 0.625. The minimum Gasteiger partial charge on any atom is -0.484 e. The molecular weight excluding hydrogens is 404 g/mol. The van der Waals surface area contributed by atoms with Crippen LogP contribution in [-0.4, -0.2) is 47.3 Å². The Morgan fingerprint density at radius 3 is 2.60 bits per heavy atom. The van der Waals surface area contributed by atoms with Gasteiger partial charge in [-0.1, -0.05) is 28.9 Å². The zero-order valence-corrected chi connectivity index (χ0v) is 17.2. The van der Waals surface area contributed by atoms with Crippen molar-refractivity contribution < 1.29 is 14.3 Å². The molecule has 0 unspecified atom stereocenters. The third-order valence-corrected chi connectivity index (χ3v) is 5.29. The number of halogens is 1. The number of hydrogen-bond acceptors (Lipinski definition) is 5. The molecule has 0 spiro atoms. The van der Waals surface area contributed by atoms with Crippen molar-refractivity contribution in [1.82, 2.24) is 20.3 Å². The molecule has 0 bridgehead atoms. The molecule has 2 heterocycles. The zero-order valence-electron chi connectivity index (χ0n) is 16.5. The SMILES string of the molecule is O=C(COc1ccc(-n2cc(-c3ccc(Cl)cc3)nn2)cc1)NCC1CCOCC1. The van der Waals surface area contributed by atoms with Crippen molar-refractivity contribution >= 4 is 17.5 Å². The molecule has 3 aromatic rings. The van der Waals surface area contributed by atoms with Gasteiger partial charge in [-0.05, 0) is 55.2 Å². The van der Waals surface area contributed by atoms with Crippen molar-refractivity contribution in [3.05, 3.63) is 59.8 Å². The average molecular weight is 427 g/mol. The lowest BCUT2D eigenvalue weighted by atomic mass is 10.0. The Labute approximate surface area is 179 Å². The summed E-state index contributed by atoms with van der Waals surface area (Å²) in [6.07, 6.45) is 3.83. The molecule has 4 rings (SSSR count). The van der Waals surface area contributed by atoms with Crippen LogP contribution in [0, 0.1) is 5.92 Å². The molecule has 1 amide bonds. The molecule has 1 N–H and O–H groups in total. The fourth-order valence-corrected chi connectivity index (χ4v) is 3.37. The van der Waals surface area contributed by atoms with Gasteiger partial charge in [0.15, 0.2) is 6.61 Å². The van der Waals surface area contributed by atoms with E-state index in [0.29, 0.717) is 23.2 Å². The summed E-state index contributed by atoms with van der Waals surface area (Å²) in [5.74, 6) is 0.995. The molecule has 7 nitrogen and oxygen atoms in total. The first-order valence-corrected chi connectivity index (χ1v) is 10.3. The largest absolute Gasteiger partial charge is 0.484 e. The van der Waals surface area contributed by atoms with E-state index in [1.54, 1.807) is 4.68 Å². The first-order valence-electron chi connectivity index (χ1n) is 9.93. The smallest absolute Gasteiger partial charge is 0.257 e. The van der Waals surface area contributed by atoms with Gasteiger partial charge in [-0.25, -0.2) is 4.68 Å². The summed E-state index contributed by atoms with van der Waals surface area (Å²) in [7, 11) is 0. The van der Waals surface area contributed by atoms with E-state index in [0.717, 1.165) is 43.0 Å². The molecule has 0 saturated carbocycles. The van der Waals surface area contributed by atoms with Crippen LogP contribution in [0.15, 0.2) is 54.7 Å². The van der Waals surface area contributed by atoms with Gasteiger partial charge in [-0.15, -0.1) is 5.10 Å². The summed E-state index contributed by atoms with van der Waals surface area (Å²) in [5, 5.41) is 12.0. The van der Waals surface area contributed by atoms with Gasteiger partial charge in [-0.3, -0.25) is 4.79 Å². The van der Waals surface area contributed by atoms with Gasteiger partial charge in [-0.2, -0.15) is 0 Å². The Balaban J connectivity index is 1.28. The Hall–Kier alpha value is -2.90. The van der Waals surface area contributed by atoms with Crippen molar-refractivity contribution in [2.24, 2.45) is 5.92 Å². The first-order chi connectivity index (χ1) is 14.7. The molecule has 0 radical (unpaired) electrons. The van der Waals surface area contributed by atoms with Crippen LogP contribution in [0.5, 0.6) is 5.75 Å². The number of carbonyl (C=O) groups is 1. The Morgan fingerprint density at radius 1 is 1.13 bits per heavy atom. The molecule has 1 aromatic heterocycles. The van der Waals surface area contributed by atoms with E-state index in [2.05, 4.69) is 15.6 Å². The maximum atomic E-state index is 12.0. The van der Waals surface area contributed by atoms with Gasteiger partial charge < -0.3 is 14.8 Å². The predicted octanol–water partition coefficient (Wildman–Crippen LogP) is 3.51. The van der Waals surface area contributed by atoms with Crippen molar-refractivity contribution in [3.8, 4) is 22.7 Å². The van der Waals surface area contributed by atoms with Crippen LogP contribution in [0.25, 0.3) is 16.9 Å². The van der Waals surface area contributed by atoms with Crippen molar-refractivity contribution in [1.29, 1.82) is 0 Å². The second-order valence-electron chi connectivity index (χ2n) is 7.20. The summed E-state index contributed by atoms with van der Waals surface area (Å²) >= 11 is 5.93. The predicted molar refractivity (Wildman–Crippen MR) is 114 cm³/mol. The molecule has 1 saturated heterocycles. The normalized spacial score (nSPS) is 14.4. The molecule has 1 aliphatic rings. The Morgan fingerprint density at radius 2 is 1.87 bits per heavy atom. The fourth-order valence-electron chi connectivity index (χ4n) is 3.25. The zero-order chi connectivity index (χ0) is 20.8. The molecular formula is C22H23ClN4O3. The van der Waals surface area contributed by atoms with Crippen LogP contribution in [0.2, 0.25) is 5.02 Å². The standard InChI is InChI=1S/C22H23ClN4O3/c23-18-3-1-17(2-4-18)21-14-27(26-25-21)19-5-7-20(8-6-19)30-15-22(28)24-13-16-9-11-29-12-10-16/h1-8,14,16H,9-13,15H2,(H,24,28). The van der Waals surface area contributed by atoms with Crippen LogP contribution in [-0.2, 0) is 9.53 Å². The van der Waals surface area contributed by atoms with Crippen LogP contribution < -0.4 is 10.1 Å². The van der Waals surface area contributed by atoms with Gasteiger partial charge in [0.2, 0.25) is 0 Å². The summed E-state index contributed by atoms with van der Waals surface area (Å²) in [5.41, 5.74) is 2.55. The third-order valence-electron chi connectivity index (χ3n) is 5.03. The summed E-state index contributed by atoms with van der Waals surface area (Å²) < 4.78 is 12.6. The van der Waals surface area contributed by atoms with Crippen LogP contribution in [0.3, 0.4) is 0 Å². The van der Waals surface area contributed by atoms with Gasteiger partial charge in [0.1, 0.15) is 11.4 Å². The number of nitrogens with zero attached hydrogens (tertiary/aromatic N) is 3. The van der Waals surface area contributed by atoms with Crippen molar-refractivity contribution in [3.63, 3.8) is 0 Å². The van der Waals surface area contributed by atoms with Crippen LogP contribution in [0.4, 0.5) is 0 Å². The van der Waals surface area contributed by atoms with Crippen LogP contribution >= 0.6 is 11.6 Å². The van der Waals surface area contributed by atoms with E-state index in [4.69, 9.17) is 21.1 Å². The Bertz CT molecular complexity index is 967. The maximum Gasteiger partial charge on any atom is 0.257 e. The van der Waals surface area contributed by atoms with Gasteiger partial charge in [0.25, 0.3) is 5.91 Å². The van der Waals surface area contributed by atoms with Crippen molar-refractivity contribution in [2.75, 3.05) is 26.4 Å². The highest BCUT2D eigenvalue weighted by atomic mass is 35.5. The van der Waals surface area contributed by atoms with E-state index < -0.39 is 0 Å². The number of rotatable bonds is 7. The summed E-state index contributed by atoms with van der Waals surface area (Å²) in [6.45, 7) is 2.21. The average Bonchev–Trinajstić information content (AvgIpc) is 3.28. The van der Waals surface area contributed by atoms with E-state index in [1.165, 1.54) is 0 Å². The molecule has 156 valence electrons. The molecule has 0 aliphatic carbocycles. The van der Waals surface area contributed by atoms with Gasteiger partial charge in [0, 0.05) is 30.3 Å². The number of carbonyl (C=O) groups excluding carboxylic acids is 1. The number of aromatic nitrogens is 3. The lowest BCUT2D eigenvalue weighted by Crippen LogP contribution is -2.35. The van der Waals surface area contributed by atoms with Crippen LogP contribution in [0.1, 0.15) is 12.8 Å². The van der Waals surface area contributed by atoms with E-state index >= 15 is 0 Å². The third kappa shape index (κ3) is 5.37. The minimum absolute atomic E-state index is 0.00733. The van der Waals surface area contributed by atoms with E-state index in [-0.39, 0.29) is 12.5 Å². The van der Waals surface area contributed by atoms with Gasteiger partial charge >= 0.3 is 0 Å². The number of amides is 1. The minimum atomic E-state index is -0.116. The highest BCUT2D eigenvalue weighted by Crippen LogP contribution is 2.21. The monoisotopic (exact) mass is 426 g/mol. The number of benzene rings is 2. The second-order valence-corrected chi connectivity index (χ2v) is 7.63. The number of nitrogens with one attached hydrogen (secondary N) is 1. The summed E-state index contributed by atoms with van der Waals surface area (Å²) in [4.78, 5) is 12.0. The lowest BCUT2D eigenvalue weighted by Gasteiger charge is -2.22. The first kappa shape index (κ1) is 20.4. The highest BCUT2D eigenvalue weighted by Gasteiger charge is 2.14. The molecule has 2 aromatic carbocycles. The second kappa shape index (κ2) is 9.73. The molecule has 1 aliphatic heterocycles. The lowest BCUT2D eigenvalue weighted by molar-refractivity contribution is -0.123. The van der Waals surface area contributed by atoms with Crippen molar-refractivity contribution in [2.45, 2.75) is 12.8 Å². The fraction of sp³-hybridized carbons (Fsp3) is 0.318. The number of ether oxygens (including phenoxy) is 2. The highest BCUT2D eigenvalue weighted by molar-refractivity contribution is 6.30. The molecule has 0 atom stereocenters. The van der Waals surface area contributed by atoms with E-state index in [9.17, 15) is 4.79 Å². The summed E-state index contributed by atoms with van der Waals surface area (Å²) in [6, 6.07) is 14.8. The van der Waals surface area contributed by atoms with Gasteiger partial charge in [0.05, 0.1) is 11.9 Å². The topological polar surface area (TPSA) is 78.3 Å². The molecule has 8 heteroatoms.